The number of hydrogen-bond donors (Lipinski definition) is 1. The highest BCUT2D eigenvalue weighted by atomic mass is 16.7. The van der Waals surface area contributed by atoms with Crippen molar-refractivity contribution in [3.63, 3.8) is 0 Å². The van der Waals surface area contributed by atoms with E-state index in [4.69, 9.17) is 18.9 Å². The third-order valence-corrected chi connectivity index (χ3v) is 4.83. The number of benzene rings is 2. The maximum absolute atomic E-state index is 10.8. The van der Waals surface area contributed by atoms with E-state index in [1.165, 1.54) is 7.11 Å². The van der Waals surface area contributed by atoms with Crippen molar-refractivity contribution in [2.24, 2.45) is 5.92 Å². The third-order valence-electron chi connectivity index (χ3n) is 4.83. The van der Waals surface area contributed by atoms with Crippen LogP contribution in [0.25, 0.3) is 0 Å². The van der Waals surface area contributed by atoms with Gasteiger partial charge in [-0.05, 0) is 11.1 Å². The van der Waals surface area contributed by atoms with E-state index in [9.17, 15) is 5.11 Å². The van der Waals surface area contributed by atoms with Gasteiger partial charge in [0.05, 0.1) is 25.9 Å². The molecule has 5 unspecified atom stereocenters. The monoisotopic (exact) mass is 372 g/mol. The van der Waals surface area contributed by atoms with Crippen LogP contribution in [0.4, 0.5) is 0 Å². The van der Waals surface area contributed by atoms with Gasteiger partial charge in [0.15, 0.2) is 6.29 Å². The van der Waals surface area contributed by atoms with Gasteiger partial charge in [-0.3, -0.25) is 0 Å². The van der Waals surface area contributed by atoms with Crippen LogP contribution in [0.3, 0.4) is 0 Å². The Balaban J connectivity index is 1.74. The summed E-state index contributed by atoms with van der Waals surface area (Å²) in [6.07, 6.45) is -2.55. The van der Waals surface area contributed by atoms with Crippen LogP contribution in [0.5, 0.6) is 0 Å². The lowest BCUT2D eigenvalue weighted by atomic mass is 9.97. The Hall–Kier alpha value is -1.76. The topological polar surface area (TPSA) is 57.2 Å². The molecule has 2 aromatic rings. The van der Waals surface area contributed by atoms with Crippen molar-refractivity contribution in [3.05, 3.63) is 71.8 Å². The fraction of sp³-hybridized carbons (Fsp3) is 0.455. The molecule has 5 nitrogen and oxygen atoms in total. The molecule has 27 heavy (non-hydrogen) atoms. The molecule has 1 aliphatic rings. The summed E-state index contributed by atoms with van der Waals surface area (Å²) in [5.41, 5.74) is 2.12. The predicted octanol–water partition coefficient (Wildman–Crippen LogP) is 3.16. The molecule has 2 aromatic carbocycles. The fourth-order valence-corrected chi connectivity index (χ4v) is 3.31. The van der Waals surface area contributed by atoms with Gasteiger partial charge < -0.3 is 24.1 Å². The van der Waals surface area contributed by atoms with E-state index in [1.807, 2.05) is 67.6 Å². The number of aliphatic hydroxyl groups is 1. The highest BCUT2D eigenvalue weighted by molar-refractivity contribution is 5.14. The van der Waals surface area contributed by atoms with Gasteiger partial charge in [-0.1, -0.05) is 67.6 Å². The van der Waals surface area contributed by atoms with Crippen LogP contribution in [0.2, 0.25) is 0 Å². The zero-order valence-electron chi connectivity index (χ0n) is 15.9. The lowest BCUT2D eigenvalue weighted by Gasteiger charge is -2.32. The Morgan fingerprint density at radius 2 is 1.41 bits per heavy atom. The summed E-state index contributed by atoms with van der Waals surface area (Å²) in [6, 6.07) is 19.9. The second kappa shape index (κ2) is 9.97. The van der Waals surface area contributed by atoms with Crippen molar-refractivity contribution >= 4 is 0 Å². The highest BCUT2D eigenvalue weighted by Crippen LogP contribution is 2.27. The van der Waals surface area contributed by atoms with E-state index in [0.717, 1.165) is 11.1 Å². The van der Waals surface area contributed by atoms with E-state index in [1.54, 1.807) is 0 Å². The standard InChI is InChI=1S/C22H28O5/c1-16-13-27-22(24-2)19(23)21(26-15-18-11-7-4-8-12-18)20(16)25-14-17-9-5-3-6-10-17/h3-12,16,19-23H,13-15H2,1-2H3. The normalized spacial score (nSPS) is 28.6. The predicted molar refractivity (Wildman–Crippen MR) is 102 cm³/mol. The number of ether oxygens (including phenoxy) is 4. The number of methoxy groups -OCH3 is 1. The summed E-state index contributed by atoms with van der Waals surface area (Å²) in [6.45, 7) is 3.31. The minimum atomic E-state index is -0.940. The SMILES string of the molecule is COC1OCC(C)C(OCc2ccccc2)C(OCc2ccccc2)C1O. The van der Waals surface area contributed by atoms with Crippen molar-refractivity contribution in [1.29, 1.82) is 0 Å². The van der Waals surface area contributed by atoms with Crippen LogP contribution in [-0.4, -0.2) is 43.4 Å². The van der Waals surface area contributed by atoms with E-state index in [0.29, 0.717) is 19.8 Å². The summed E-state index contributed by atoms with van der Waals surface area (Å²) in [5.74, 6) is 0.0456. The first-order valence-corrected chi connectivity index (χ1v) is 9.32. The van der Waals surface area contributed by atoms with E-state index >= 15 is 0 Å². The average molecular weight is 372 g/mol. The van der Waals surface area contributed by atoms with Crippen LogP contribution >= 0.6 is 0 Å². The molecule has 0 radical (unpaired) electrons. The van der Waals surface area contributed by atoms with E-state index < -0.39 is 18.5 Å². The average Bonchev–Trinajstić information content (AvgIpc) is 2.82. The van der Waals surface area contributed by atoms with Crippen LogP contribution in [0.15, 0.2) is 60.7 Å². The molecule has 5 heteroatoms. The third kappa shape index (κ3) is 5.37. The number of hydrogen-bond acceptors (Lipinski definition) is 5. The lowest BCUT2D eigenvalue weighted by molar-refractivity contribution is -0.209. The van der Waals surface area contributed by atoms with Crippen molar-refractivity contribution in [1.82, 2.24) is 0 Å². The molecule has 0 saturated carbocycles. The molecule has 1 heterocycles. The minimum absolute atomic E-state index is 0.0456. The van der Waals surface area contributed by atoms with Crippen LogP contribution < -0.4 is 0 Å². The van der Waals surface area contributed by atoms with Gasteiger partial charge >= 0.3 is 0 Å². The molecule has 0 amide bonds. The zero-order valence-corrected chi connectivity index (χ0v) is 15.9. The van der Waals surface area contributed by atoms with Gasteiger partial charge in [0.2, 0.25) is 0 Å². The molecule has 1 aliphatic heterocycles. The van der Waals surface area contributed by atoms with Gasteiger partial charge in [0, 0.05) is 13.0 Å². The molecular formula is C22H28O5. The van der Waals surface area contributed by atoms with Crippen LogP contribution in [-0.2, 0) is 32.2 Å². The van der Waals surface area contributed by atoms with Crippen molar-refractivity contribution < 1.29 is 24.1 Å². The summed E-state index contributed by atoms with van der Waals surface area (Å²) in [4.78, 5) is 0. The second-order valence-corrected chi connectivity index (χ2v) is 6.93. The molecule has 0 aliphatic carbocycles. The first kappa shape index (κ1) is 20.0. The summed E-state index contributed by atoms with van der Waals surface area (Å²) >= 11 is 0. The van der Waals surface area contributed by atoms with Gasteiger partial charge in [0.1, 0.15) is 12.2 Å². The van der Waals surface area contributed by atoms with Gasteiger partial charge in [-0.2, -0.15) is 0 Å². The van der Waals surface area contributed by atoms with Gasteiger partial charge in [-0.15, -0.1) is 0 Å². The smallest absolute Gasteiger partial charge is 0.185 e. The Kier molecular flexibility index (Phi) is 7.38. The molecule has 5 atom stereocenters. The molecule has 146 valence electrons. The Bertz CT molecular complexity index is 663. The molecule has 1 saturated heterocycles. The molecule has 0 spiro atoms. The van der Waals surface area contributed by atoms with Gasteiger partial charge in [0.25, 0.3) is 0 Å². The molecule has 1 fully saturated rings. The minimum Gasteiger partial charge on any atom is -0.385 e. The highest BCUT2D eigenvalue weighted by Gasteiger charge is 2.42. The molecule has 1 N–H and O–H groups in total. The van der Waals surface area contributed by atoms with Crippen LogP contribution in [0, 0.1) is 5.92 Å². The van der Waals surface area contributed by atoms with Crippen LogP contribution in [0.1, 0.15) is 18.1 Å². The Morgan fingerprint density at radius 1 is 0.889 bits per heavy atom. The molecular weight excluding hydrogens is 344 g/mol. The quantitative estimate of drug-likeness (QED) is 0.809. The Labute approximate surface area is 160 Å². The maximum atomic E-state index is 10.8. The summed E-state index contributed by atoms with van der Waals surface area (Å²) in [5, 5.41) is 10.8. The van der Waals surface area contributed by atoms with E-state index in [-0.39, 0.29) is 12.0 Å². The van der Waals surface area contributed by atoms with E-state index in [2.05, 4.69) is 0 Å². The van der Waals surface area contributed by atoms with Crippen molar-refractivity contribution in [2.45, 2.75) is 44.7 Å². The number of aliphatic hydroxyl groups excluding tert-OH is 1. The summed E-state index contributed by atoms with van der Waals surface area (Å²) < 4.78 is 23.4. The molecule has 0 aromatic heterocycles. The zero-order chi connectivity index (χ0) is 19.1. The Morgan fingerprint density at radius 3 is 1.93 bits per heavy atom. The first-order chi connectivity index (χ1) is 13.2. The molecule has 0 bridgehead atoms. The first-order valence-electron chi connectivity index (χ1n) is 9.32. The lowest BCUT2D eigenvalue weighted by Crippen LogP contribution is -2.47. The number of rotatable bonds is 7. The second-order valence-electron chi connectivity index (χ2n) is 6.93. The molecule has 3 rings (SSSR count). The summed E-state index contributed by atoms with van der Waals surface area (Å²) in [7, 11) is 1.53. The van der Waals surface area contributed by atoms with Gasteiger partial charge in [-0.25, -0.2) is 0 Å². The largest absolute Gasteiger partial charge is 0.385 e. The maximum Gasteiger partial charge on any atom is 0.185 e. The van der Waals surface area contributed by atoms with Crippen molar-refractivity contribution in [3.8, 4) is 0 Å². The fourth-order valence-electron chi connectivity index (χ4n) is 3.31. The van der Waals surface area contributed by atoms with Crippen molar-refractivity contribution in [2.75, 3.05) is 13.7 Å².